The summed E-state index contributed by atoms with van der Waals surface area (Å²) in [6.45, 7) is 1.87. The van der Waals surface area contributed by atoms with E-state index in [-0.39, 0.29) is 24.7 Å². The Kier molecular flexibility index (Phi) is 4.17. The van der Waals surface area contributed by atoms with E-state index in [4.69, 9.17) is 9.47 Å². The second-order valence-electron chi connectivity index (χ2n) is 5.20. The maximum absolute atomic E-state index is 12.1. The molecule has 2 heterocycles. The van der Waals surface area contributed by atoms with Crippen molar-refractivity contribution in [1.29, 1.82) is 0 Å². The van der Waals surface area contributed by atoms with Gasteiger partial charge in [-0.15, -0.1) is 0 Å². The first-order valence-corrected chi connectivity index (χ1v) is 8.19. The summed E-state index contributed by atoms with van der Waals surface area (Å²) in [6, 6.07) is 0. The summed E-state index contributed by atoms with van der Waals surface area (Å²) in [6.07, 6.45) is 1.74. The van der Waals surface area contributed by atoms with Crippen molar-refractivity contribution in [2.75, 3.05) is 19.5 Å². The van der Waals surface area contributed by atoms with Gasteiger partial charge in [-0.2, -0.15) is 0 Å². The Morgan fingerprint density at radius 3 is 2.79 bits per heavy atom. The lowest BCUT2D eigenvalue weighted by Gasteiger charge is -2.34. The van der Waals surface area contributed by atoms with Gasteiger partial charge in [0.1, 0.15) is 5.25 Å². The molecule has 6 nitrogen and oxygen atoms in total. The number of ether oxygens (including phenoxy) is 3. The van der Waals surface area contributed by atoms with Gasteiger partial charge in [-0.05, 0) is 19.8 Å². The minimum absolute atomic E-state index is 0.0822. The fourth-order valence-corrected chi connectivity index (χ4v) is 4.93. The van der Waals surface area contributed by atoms with E-state index in [9.17, 15) is 13.2 Å². The summed E-state index contributed by atoms with van der Waals surface area (Å²) in [7, 11) is -1.88. The molecule has 0 spiro atoms. The van der Waals surface area contributed by atoms with E-state index in [1.165, 1.54) is 7.11 Å². The van der Waals surface area contributed by atoms with E-state index in [0.29, 0.717) is 12.8 Å². The number of hydrogen-bond acceptors (Lipinski definition) is 6. The van der Waals surface area contributed by atoms with E-state index in [0.717, 1.165) is 6.42 Å². The fourth-order valence-electron chi connectivity index (χ4n) is 2.74. The first-order valence-electron chi connectivity index (χ1n) is 6.47. The van der Waals surface area contributed by atoms with Crippen molar-refractivity contribution in [1.82, 2.24) is 0 Å². The maximum Gasteiger partial charge on any atom is 0.308 e. The van der Waals surface area contributed by atoms with Crippen LogP contribution >= 0.6 is 0 Å². The molecule has 2 aliphatic heterocycles. The fraction of sp³-hybridized carbons (Fsp3) is 0.917. The number of hydrogen-bond donors (Lipinski definition) is 0. The molecule has 110 valence electrons. The Morgan fingerprint density at radius 1 is 1.42 bits per heavy atom. The third kappa shape index (κ3) is 3.09. The monoisotopic (exact) mass is 292 g/mol. The van der Waals surface area contributed by atoms with Gasteiger partial charge in [0.2, 0.25) is 0 Å². The van der Waals surface area contributed by atoms with Crippen molar-refractivity contribution in [2.24, 2.45) is 0 Å². The minimum atomic E-state index is -3.19. The maximum atomic E-state index is 12.1. The smallest absolute Gasteiger partial charge is 0.308 e. The van der Waals surface area contributed by atoms with Crippen LogP contribution in [0.5, 0.6) is 0 Å². The molecule has 2 saturated heterocycles. The van der Waals surface area contributed by atoms with Crippen LogP contribution < -0.4 is 0 Å². The van der Waals surface area contributed by atoms with Crippen LogP contribution in [-0.2, 0) is 28.8 Å². The zero-order valence-corrected chi connectivity index (χ0v) is 12.1. The van der Waals surface area contributed by atoms with Crippen molar-refractivity contribution < 1.29 is 27.4 Å². The van der Waals surface area contributed by atoms with Crippen molar-refractivity contribution in [3.8, 4) is 0 Å². The van der Waals surface area contributed by atoms with Crippen molar-refractivity contribution >= 4 is 15.8 Å². The van der Waals surface area contributed by atoms with Crippen LogP contribution in [0.15, 0.2) is 0 Å². The Morgan fingerprint density at radius 2 is 2.16 bits per heavy atom. The van der Waals surface area contributed by atoms with Crippen LogP contribution in [-0.4, -0.2) is 51.0 Å². The lowest BCUT2D eigenvalue weighted by Crippen LogP contribution is -2.48. The van der Waals surface area contributed by atoms with Crippen LogP contribution in [0.2, 0.25) is 0 Å². The number of rotatable bonds is 3. The second-order valence-corrected chi connectivity index (χ2v) is 7.50. The molecule has 0 bridgehead atoms. The van der Waals surface area contributed by atoms with Gasteiger partial charge in [0, 0.05) is 0 Å². The van der Waals surface area contributed by atoms with Gasteiger partial charge in [0.25, 0.3) is 0 Å². The van der Waals surface area contributed by atoms with Crippen molar-refractivity contribution in [3.63, 3.8) is 0 Å². The highest BCUT2D eigenvalue weighted by molar-refractivity contribution is 7.92. The normalized spacial score (nSPS) is 38.0. The molecule has 0 radical (unpaired) electrons. The number of carbonyl (C=O) groups is 1. The summed E-state index contributed by atoms with van der Waals surface area (Å²) in [5, 5.41) is -0.642. The van der Waals surface area contributed by atoms with Gasteiger partial charge in [-0.1, -0.05) is 6.42 Å². The lowest BCUT2D eigenvalue weighted by molar-refractivity contribution is -0.162. The van der Waals surface area contributed by atoms with Gasteiger partial charge >= 0.3 is 5.97 Å². The van der Waals surface area contributed by atoms with E-state index >= 15 is 0 Å². The number of carbonyl (C=O) groups excluding carboxylic acids is 1. The van der Waals surface area contributed by atoms with E-state index in [1.54, 1.807) is 6.92 Å². The Bertz CT molecular complexity index is 445. The van der Waals surface area contributed by atoms with Gasteiger partial charge < -0.3 is 14.2 Å². The molecule has 0 aliphatic carbocycles. The molecule has 0 amide bonds. The highest BCUT2D eigenvalue weighted by atomic mass is 32.2. The molecule has 0 aromatic heterocycles. The summed E-state index contributed by atoms with van der Waals surface area (Å²) in [5.41, 5.74) is 0. The number of sulfone groups is 1. The quantitative estimate of drug-likeness (QED) is 0.711. The predicted octanol–water partition coefficient (Wildman–Crippen LogP) is 0.648. The molecule has 2 rings (SSSR count). The van der Waals surface area contributed by atoms with Crippen LogP contribution in [0.25, 0.3) is 0 Å². The van der Waals surface area contributed by atoms with E-state index in [2.05, 4.69) is 4.74 Å². The van der Waals surface area contributed by atoms with Crippen molar-refractivity contribution in [3.05, 3.63) is 0 Å². The highest BCUT2D eigenvalue weighted by Crippen LogP contribution is 2.37. The molecular formula is C12H20O6S. The van der Waals surface area contributed by atoms with E-state index < -0.39 is 27.0 Å². The molecule has 2 aliphatic rings. The third-order valence-electron chi connectivity index (χ3n) is 3.74. The highest BCUT2D eigenvalue weighted by Gasteiger charge is 2.50. The molecule has 0 saturated carbocycles. The largest absolute Gasteiger partial charge is 0.469 e. The van der Waals surface area contributed by atoms with Crippen LogP contribution in [0.1, 0.15) is 32.6 Å². The van der Waals surface area contributed by atoms with Crippen LogP contribution in [0.4, 0.5) is 0 Å². The zero-order valence-electron chi connectivity index (χ0n) is 11.3. The summed E-state index contributed by atoms with van der Waals surface area (Å²) in [5.74, 6) is -1.34. The lowest BCUT2D eigenvalue weighted by atomic mass is 10.1. The Hall–Kier alpha value is -0.660. The molecule has 19 heavy (non-hydrogen) atoms. The van der Waals surface area contributed by atoms with E-state index in [1.807, 2.05) is 0 Å². The summed E-state index contributed by atoms with van der Waals surface area (Å²) >= 11 is 0. The summed E-state index contributed by atoms with van der Waals surface area (Å²) < 4.78 is 40.0. The number of esters is 1. The average molecular weight is 292 g/mol. The minimum Gasteiger partial charge on any atom is -0.469 e. The SMILES string of the molecule is COC(=O)CC1COC(C)(C2CCCCS2(=O)=O)O1. The zero-order chi connectivity index (χ0) is 14.1. The van der Waals surface area contributed by atoms with Crippen LogP contribution in [0.3, 0.4) is 0 Å². The van der Waals surface area contributed by atoms with Gasteiger partial charge in [0.15, 0.2) is 15.6 Å². The standard InChI is InChI=1S/C12H20O6S/c1-12(10-5-3-4-6-19(10,14)15)17-8-9(18-12)7-11(13)16-2/h9-10H,3-8H2,1-2H3. The van der Waals surface area contributed by atoms with Gasteiger partial charge in [-0.3, -0.25) is 4.79 Å². The topological polar surface area (TPSA) is 78.9 Å². The molecule has 3 unspecified atom stereocenters. The second kappa shape index (κ2) is 5.38. The first-order chi connectivity index (χ1) is 8.87. The molecule has 0 N–H and O–H groups in total. The predicted molar refractivity (Wildman–Crippen MR) is 67.3 cm³/mol. The molecule has 7 heteroatoms. The number of methoxy groups -OCH3 is 1. The molecular weight excluding hydrogens is 272 g/mol. The van der Waals surface area contributed by atoms with Gasteiger partial charge in [-0.25, -0.2) is 8.42 Å². The van der Waals surface area contributed by atoms with Crippen molar-refractivity contribution in [2.45, 2.75) is 49.7 Å². The molecule has 3 atom stereocenters. The molecule has 0 aromatic rings. The Labute approximate surface area is 113 Å². The molecule has 2 fully saturated rings. The summed E-state index contributed by atoms with van der Waals surface area (Å²) in [4.78, 5) is 11.2. The molecule has 0 aromatic carbocycles. The van der Waals surface area contributed by atoms with Crippen LogP contribution in [0, 0.1) is 0 Å². The first kappa shape index (κ1) is 14.7. The average Bonchev–Trinajstić information content (AvgIpc) is 2.70. The van der Waals surface area contributed by atoms with Gasteiger partial charge in [0.05, 0.1) is 32.0 Å². The Balaban J connectivity index is 2.06. The third-order valence-corrected chi connectivity index (χ3v) is 6.13.